The van der Waals surface area contributed by atoms with Gasteiger partial charge in [0.2, 0.25) is 22.7 Å². The molecule has 3 heterocycles. The number of rotatable bonds is 4. The van der Waals surface area contributed by atoms with Gasteiger partial charge in [0.15, 0.2) is 0 Å². The van der Waals surface area contributed by atoms with E-state index < -0.39 is 5.92 Å². The lowest BCUT2D eigenvalue weighted by molar-refractivity contribution is -0.122. The molecule has 5 rings (SSSR count). The highest BCUT2D eigenvalue weighted by molar-refractivity contribution is 7.15. The average molecular weight is 432 g/mol. The van der Waals surface area contributed by atoms with E-state index in [0.717, 1.165) is 22.5 Å². The summed E-state index contributed by atoms with van der Waals surface area (Å²) in [4.78, 5) is 32.1. The Labute approximate surface area is 183 Å². The molecule has 2 aromatic heterocycles. The Kier molecular flexibility index (Phi) is 4.78. The van der Waals surface area contributed by atoms with Crippen LogP contribution in [0.5, 0.6) is 0 Å². The number of nitrogens with one attached hydrogen (secondary N) is 1. The van der Waals surface area contributed by atoms with Crippen molar-refractivity contribution in [2.24, 2.45) is 5.92 Å². The Morgan fingerprint density at radius 3 is 2.45 bits per heavy atom. The van der Waals surface area contributed by atoms with Crippen LogP contribution in [0.25, 0.3) is 16.2 Å². The average Bonchev–Trinajstić information content (AvgIpc) is 3.44. The fourth-order valence-corrected chi connectivity index (χ4v) is 4.56. The molecule has 7 nitrogen and oxygen atoms in total. The normalized spacial score (nSPS) is 16.3. The zero-order valence-corrected chi connectivity index (χ0v) is 18.0. The molecule has 4 aromatic rings. The van der Waals surface area contributed by atoms with Crippen LogP contribution in [0.4, 0.5) is 11.6 Å². The summed E-state index contributed by atoms with van der Waals surface area (Å²) in [7, 11) is 0. The van der Waals surface area contributed by atoms with Crippen LogP contribution in [0.1, 0.15) is 17.5 Å². The molecule has 2 aromatic carbocycles. The minimum Gasteiger partial charge on any atom is -0.312 e. The summed E-state index contributed by atoms with van der Waals surface area (Å²) in [6, 6.07) is 15.9. The zero-order chi connectivity index (χ0) is 21.5. The van der Waals surface area contributed by atoms with Crippen LogP contribution in [0.2, 0.25) is 0 Å². The molecule has 156 valence electrons. The number of benzene rings is 2. The summed E-state index contributed by atoms with van der Waals surface area (Å²) in [6.07, 6.45) is 0.177. The maximum absolute atomic E-state index is 12.8. The van der Waals surface area contributed by atoms with E-state index in [1.54, 1.807) is 9.42 Å². The van der Waals surface area contributed by atoms with E-state index in [4.69, 9.17) is 0 Å². The molecule has 1 N–H and O–H groups in total. The van der Waals surface area contributed by atoms with Gasteiger partial charge >= 0.3 is 0 Å². The van der Waals surface area contributed by atoms with Crippen molar-refractivity contribution in [2.75, 3.05) is 16.8 Å². The topological polar surface area (TPSA) is 79.6 Å². The van der Waals surface area contributed by atoms with E-state index in [1.807, 2.05) is 55.6 Å². The zero-order valence-electron chi connectivity index (χ0n) is 17.2. The van der Waals surface area contributed by atoms with Gasteiger partial charge in [-0.3, -0.25) is 14.9 Å². The molecule has 0 spiro atoms. The van der Waals surface area contributed by atoms with Gasteiger partial charge in [-0.1, -0.05) is 47.5 Å². The smallest absolute Gasteiger partial charge is 0.250 e. The van der Waals surface area contributed by atoms with Gasteiger partial charge in [-0.25, -0.2) is 4.52 Å². The van der Waals surface area contributed by atoms with Crippen molar-refractivity contribution in [3.63, 3.8) is 0 Å². The van der Waals surface area contributed by atoms with Gasteiger partial charge < -0.3 is 4.90 Å². The number of nitrogens with zero attached hydrogens (tertiary/aromatic N) is 4. The number of hydrogen-bond donors (Lipinski definition) is 1. The molecule has 1 aliphatic heterocycles. The fourth-order valence-electron chi connectivity index (χ4n) is 3.73. The molecule has 8 heteroatoms. The fraction of sp³-hybridized carbons (Fsp3) is 0.217. The SMILES string of the molecule is Cc1ccc(-c2csc3nc(NC(=O)C4CC(=O)N(c5ccc(C)cc5)C4)nn23)cc1. The van der Waals surface area contributed by atoms with Crippen LogP contribution in [-0.2, 0) is 9.59 Å². The molecule has 1 aliphatic rings. The van der Waals surface area contributed by atoms with Crippen LogP contribution in [-0.4, -0.2) is 33.0 Å². The second-order valence-electron chi connectivity index (χ2n) is 7.85. The van der Waals surface area contributed by atoms with Gasteiger partial charge in [-0.05, 0) is 26.0 Å². The summed E-state index contributed by atoms with van der Waals surface area (Å²) in [6.45, 7) is 4.40. The Morgan fingerprint density at radius 2 is 1.74 bits per heavy atom. The molecule has 0 aliphatic carbocycles. The standard InChI is InChI=1S/C23H21N5O2S/c1-14-3-7-16(8-4-14)19-13-31-23-25-22(26-28(19)23)24-21(30)17-11-20(29)27(12-17)18-9-5-15(2)6-10-18/h3-10,13,17H,11-12H2,1-2H3,(H,24,26,30). The molecular formula is C23H21N5O2S. The third-order valence-electron chi connectivity index (χ3n) is 5.51. The third-order valence-corrected chi connectivity index (χ3v) is 6.32. The first-order valence-electron chi connectivity index (χ1n) is 10.1. The highest BCUT2D eigenvalue weighted by atomic mass is 32.1. The lowest BCUT2D eigenvalue weighted by Crippen LogP contribution is -2.28. The van der Waals surface area contributed by atoms with E-state index >= 15 is 0 Å². The summed E-state index contributed by atoms with van der Waals surface area (Å²) >= 11 is 1.47. The van der Waals surface area contributed by atoms with Gasteiger partial charge in [0, 0.05) is 29.6 Å². The number of aryl methyl sites for hydroxylation is 2. The van der Waals surface area contributed by atoms with E-state index in [2.05, 4.69) is 27.5 Å². The van der Waals surface area contributed by atoms with Gasteiger partial charge in [0.05, 0.1) is 11.6 Å². The maximum Gasteiger partial charge on any atom is 0.250 e. The Balaban J connectivity index is 1.32. The lowest BCUT2D eigenvalue weighted by Gasteiger charge is -2.16. The minimum absolute atomic E-state index is 0.0514. The van der Waals surface area contributed by atoms with E-state index in [9.17, 15) is 9.59 Å². The number of carbonyl (C=O) groups is 2. The summed E-state index contributed by atoms with van der Waals surface area (Å²) in [5.74, 6) is -0.471. The van der Waals surface area contributed by atoms with Crippen LogP contribution in [0, 0.1) is 19.8 Å². The van der Waals surface area contributed by atoms with Crippen LogP contribution in [0.3, 0.4) is 0 Å². The quantitative estimate of drug-likeness (QED) is 0.528. The van der Waals surface area contributed by atoms with Crippen molar-refractivity contribution < 1.29 is 9.59 Å². The van der Waals surface area contributed by atoms with Crippen LogP contribution >= 0.6 is 11.3 Å². The van der Waals surface area contributed by atoms with Gasteiger partial charge in [-0.2, -0.15) is 4.98 Å². The number of aromatic nitrogens is 3. The molecule has 1 fully saturated rings. The first kappa shape index (κ1) is 19.4. The van der Waals surface area contributed by atoms with Gasteiger partial charge in [0.25, 0.3) is 0 Å². The van der Waals surface area contributed by atoms with Crippen molar-refractivity contribution in [2.45, 2.75) is 20.3 Å². The number of carbonyl (C=O) groups excluding carboxylic acids is 2. The van der Waals surface area contributed by atoms with Crippen molar-refractivity contribution in [3.8, 4) is 11.3 Å². The van der Waals surface area contributed by atoms with Gasteiger partial charge in [-0.15, -0.1) is 16.4 Å². The third kappa shape index (κ3) is 3.70. The summed E-state index contributed by atoms with van der Waals surface area (Å²) in [5, 5.41) is 9.27. The van der Waals surface area contributed by atoms with Gasteiger partial charge in [0.1, 0.15) is 0 Å². The van der Waals surface area contributed by atoms with E-state index in [0.29, 0.717) is 11.5 Å². The van der Waals surface area contributed by atoms with Crippen LogP contribution in [0.15, 0.2) is 53.9 Å². The number of hydrogen-bond acceptors (Lipinski definition) is 5. The lowest BCUT2D eigenvalue weighted by atomic mass is 10.1. The minimum atomic E-state index is -0.438. The monoisotopic (exact) mass is 431 g/mol. The van der Waals surface area contributed by atoms with E-state index in [1.165, 1.54) is 16.9 Å². The first-order valence-corrected chi connectivity index (χ1v) is 10.9. The second kappa shape index (κ2) is 7.63. The summed E-state index contributed by atoms with van der Waals surface area (Å²) in [5.41, 5.74) is 5.09. The van der Waals surface area contributed by atoms with Crippen molar-refractivity contribution in [3.05, 3.63) is 65.0 Å². The molecule has 1 saturated heterocycles. The highest BCUT2D eigenvalue weighted by Gasteiger charge is 2.35. The largest absolute Gasteiger partial charge is 0.312 e. The highest BCUT2D eigenvalue weighted by Crippen LogP contribution is 2.28. The molecule has 0 radical (unpaired) electrons. The number of amides is 2. The number of fused-ring (bicyclic) bond motifs is 1. The van der Waals surface area contributed by atoms with Crippen LogP contribution < -0.4 is 10.2 Å². The molecule has 0 bridgehead atoms. The number of thiazole rings is 1. The number of anilines is 2. The molecule has 31 heavy (non-hydrogen) atoms. The predicted octanol–water partition coefficient (Wildman–Crippen LogP) is 4.07. The summed E-state index contributed by atoms with van der Waals surface area (Å²) < 4.78 is 1.74. The van der Waals surface area contributed by atoms with E-state index in [-0.39, 0.29) is 24.2 Å². The second-order valence-corrected chi connectivity index (χ2v) is 8.68. The van der Waals surface area contributed by atoms with Crippen molar-refractivity contribution in [1.82, 2.24) is 14.6 Å². The maximum atomic E-state index is 12.8. The Morgan fingerprint density at radius 1 is 1.06 bits per heavy atom. The first-order chi connectivity index (χ1) is 15.0. The van der Waals surface area contributed by atoms with Crippen molar-refractivity contribution in [1.29, 1.82) is 0 Å². The molecule has 2 amide bonds. The van der Waals surface area contributed by atoms with Crippen molar-refractivity contribution >= 4 is 39.7 Å². The molecule has 1 unspecified atom stereocenters. The molecule has 1 atom stereocenters. The predicted molar refractivity (Wildman–Crippen MR) is 121 cm³/mol. The Hall–Kier alpha value is -3.52. The molecular weight excluding hydrogens is 410 g/mol. The molecule has 0 saturated carbocycles. The Bertz CT molecular complexity index is 1270.